The van der Waals surface area contributed by atoms with Crippen molar-refractivity contribution in [3.63, 3.8) is 0 Å². The Kier molecular flexibility index (Phi) is 5.58. The summed E-state index contributed by atoms with van der Waals surface area (Å²) >= 11 is 0. The summed E-state index contributed by atoms with van der Waals surface area (Å²) in [4.78, 5) is 24.7. The van der Waals surface area contributed by atoms with Crippen LogP contribution in [0.5, 0.6) is 0 Å². The molecular weight excluding hydrogens is 276 g/mol. The molecule has 0 bridgehead atoms. The van der Waals surface area contributed by atoms with Crippen molar-refractivity contribution in [3.05, 3.63) is 35.9 Å². The molecule has 1 saturated carbocycles. The van der Waals surface area contributed by atoms with E-state index < -0.39 is 5.54 Å². The highest BCUT2D eigenvalue weighted by Gasteiger charge is 2.40. The first kappa shape index (κ1) is 16.5. The van der Waals surface area contributed by atoms with E-state index >= 15 is 0 Å². The largest absolute Gasteiger partial charge is 0.351 e. The fourth-order valence-electron chi connectivity index (χ4n) is 3.29. The SMILES string of the molecule is CCC(NC(C)=O)(C(=O)NC1CCCCC1)c1ccccc1. The van der Waals surface area contributed by atoms with Crippen LogP contribution in [0.15, 0.2) is 30.3 Å². The number of carbonyl (C=O) groups is 2. The number of carbonyl (C=O) groups excluding carboxylic acids is 2. The highest BCUT2D eigenvalue weighted by molar-refractivity contribution is 5.92. The molecule has 0 heterocycles. The number of rotatable bonds is 5. The van der Waals surface area contributed by atoms with Crippen LogP contribution in [-0.4, -0.2) is 17.9 Å². The maximum Gasteiger partial charge on any atom is 0.250 e. The maximum absolute atomic E-state index is 13.0. The zero-order valence-electron chi connectivity index (χ0n) is 13.5. The predicted molar refractivity (Wildman–Crippen MR) is 87.2 cm³/mol. The van der Waals surface area contributed by atoms with E-state index in [-0.39, 0.29) is 17.9 Å². The Morgan fingerprint density at radius 2 is 1.77 bits per heavy atom. The number of hydrogen-bond acceptors (Lipinski definition) is 2. The van der Waals surface area contributed by atoms with Crippen molar-refractivity contribution in [2.75, 3.05) is 0 Å². The molecule has 4 nitrogen and oxygen atoms in total. The maximum atomic E-state index is 13.0. The first-order chi connectivity index (χ1) is 10.6. The van der Waals surface area contributed by atoms with Gasteiger partial charge in [-0.2, -0.15) is 0 Å². The Morgan fingerprint density at radius 1 is 1.14 bits per heavy atom. The third-order valence-corrected chi connectivity index (χ3v) is 4.51. The molecule has 0 aromatic heterocycles. The van der Waals surface area contributed by atoms with Crippen molar-refractivity contribution < 1.29 is 9.59 Å². The van der Waals surface area contributed by atoms with E-state index in [0.29, 0.717) is 6.42 Å². The molecule has 0 radical (unpaired) electrons. The van der Waals surface area contributed by atoms with E-state index in [1.54, 1.807) is 0 Å². The molecule has 120 valence electrons. The van der Waals surface area contributed by atoms with Gasteiger partial charge in [0.15, 0.2) is 0 Å². The van der Waals surface area contributed by atoms with Crippen LogP contribution in [0, 0.1) is 0 Å². The summed E-state index contributed by atoms with van der Waals surface area (Å²) < 4.78 is 0. The molecule has 2 amide bonds. The lowest BCUT2D eigenvalue weighted by Gasteiger charge is -2.35. The third kappa shape index (κ3) is 3.67. The second-order valence-corrected chi connectivity index (χ2v) is 6.11. The van der Waals surface area contributed by atoms with Gasteiger partial charge in [0.2, 0.25) is 5.91 Å². The van der Waals surface area contributed by atoms with Gasteiger partial charge in [0.1, 0.15) is 5.54 Å². The monoisotopic (exact) mass is 302 g/mol. The van der Waals surface area contributed by atoms with Crippen LogP contribution in [0.4, 0.5) is 0 Å². The van der Waals surface area contributed by atoms with Crippen LogP contribution in [-0.2, 0) is 15.1 Å². The van der Waals surface area contributed by atoms with Gasteiger partial charge >= 0.3 is 0 Å². The van der Waals surface area contributed by atoms with Gasteiger partial charge in [-0.05, 0) is 24.8 Å². The van der Waals surface area contributed by atoms with E-state index in [2.05, 4.69) is 10.6 Å². The van der Waals surface area contributed by atoms with E-state index in [1.165, 1.54) is 13.3 Å². The fraction of sp³-hybridized carbons (Fsp3) is 0.556. The second kappa shape index (κ2) is 7.43. The number of benzene rings is 1. The zero-order valence-corrected chi connectivity index (χ0v) is 13.5. The summed E-state index contributed by atoms with van der Waals surface area (Å²) in [5, 5.41) is 6.06. The molecular formula is C18H26N2O2. The first-order valence-electron chi connectivity index (χ1n) is 8.23. The normalized spacial score (nSPS) is 18.3. The highest BCUT2D eigenvalue weighted by Crippen LogP contribution is 2.27. The zero-order chi connectivity index (χ0) is 16.0. The number of nitrogens with one attached hydrogen (secondary N) is 2. The van der Waals surface area contributed by atoms with Gasteiger partial charge < -0.3 is 10.6 Å². The average Bonchev–Trinajstić information content (AvgIpc) is 2.54. The van der Waals surface area contributed by atoms with Crippen LogP contribution in [0.2, 0.25) is 0 Å². The smallest absolute Gasteiger partial charge is 0.250 e. The molecule has 4 heteroatoms. The Balaban J connectivity index is 2.26. The molecule has 2 rings (SSSR count). The van der Waals surface area contributed by atoms with Crippen molar-refractivity contribution in [2.45, 2.75) is 64.0 Å². The van der Waals surface area contributed by atoms with Crippen LogP contribution in [0.3, 0.4) is 0 Å². The quantitative estimate of drug-likeness (QED) is 0.878. The molecule has 1 aliphatic rings. The molecule has 1 aliphatic carbocycles. The van der Waals surface area contributed by atoms with Gasteiger partial charge in [-0.25, -0.2) is 0 Å². The van der Waals surface area contributed by atoms with Crippen molar-refractivity contribution >= 4 is 11.8 Å². The Morgan fingerprint density at radius 3 is 2.32 bits per heavy atom. The van der Waals surface area contributed by atoms with Crippen LogP contribution in [0.25, 0.3) is 0 Å². The molecule has 1 aromatic rings. The highest BCUT2D eigenvalue weighted by atomic mass is 16.2. The number of hydrogen-bond donors (Lipinski definition) is 2. The Bertz CT molecular complexity index is 509. The van der Waals surface area contributed by atoms with E-state index in [0.717, 1.165) is 31.2 Å². The van der Waals surface area contributed by atoms with Crippen LogP contribution < -0.4 is 10.6 Å². The number of amides is 2. The second-order valence-electron chi connectivity index (χ2n) is 6.11. The minimum Gasteiger partial charge on any atom is -0.351 e. The lowest BCUT2D eigenvalue weighted by Crippen LogP contribution is -2.57. The van der Waals surface area contributed by atoms with E-state index in [1.807, 2.05) is 37.3 Å². The predicted octanol–water partition coefficient (Wildman–Crippen LogP) is 2.88. The minimum atomic E-state index is -0.982. The lowest BCUT2D eigenvalue weighted by molar-refractivity contribution is -0.134. The topological polar surface area (TPSA) is 58.2 Å². The molecule has 1 fully saturated rings. The fourth-order valence-corrected chi connectivity index (χ4v) is 3.29. The van der Waals surface area contributed by atoms with Gasteiger partial charge in [0.25, 0.3) is 5.91 Å². The van der Waals surface area contributed by atoms with E-state index in [9.17, 15) is 9.59 Å². The Hall–Kier alpha value is -1.84. The molecule has 1 aromatic carbocycles. The van der Waals surface area contributed by atoms with Crippen LogP contribution >= 0.6 is 0 Å². The van der Waals surface area contributed by atoms with Gasteiger partial charge in [-0.1, -0.05) is 56.5 Å². The molecule has 22 heavy (non-hydrogen) atoms. The van der Waals surface area contributed by atoms with Crippen molar-refractivity contribution in [1.82, 2.24) is 10.6 Å². The molecule has 0 saturated heterocycles. The summed E-state index contributed by atoms with van der Waals surface area (Å²) in [6.45, 7) is 3.39. The van der Waals surface area contributed by atoms with Crippen molar-refractivity contribution in [1.29, 1.82) is 0 Å². The summed E-state index contributed by atoms with van der Waals surface area (Å²) in [6, 6.07) is 9.74. The van der Waals surface area contributed by atoms with Gasteiger partial charge in [-0.3, -0.25) is 9.59 Å². The van der Waals surface area contributed by atoms with Crippen LogP contribution in [0.1, 0.15) is 57.9 Å². The molecule has 0 aliphatic heterocycles. The average molecular weight is 302 g/mol. The molecule has 1 atom stereocenters. The molecule has 2 N–H and O–H groups in total. The molecule has 0 spiro atoms. The third-order valence-electron chi connectivity index (χ3n) is 4.51. The minimum absolute atomic E-state index is 0.0942. The summed E-state index contributed by atoms with van der Waals surface area (Å²) in [5.74, 6) is -0.284. The first-order valence-corrected chi connectivity index (χ1v) is 8.23. The molecule has 1 unspecified atom stereocenters. The van der Waals surface area contributed by atoms with Gasteiger partial charge in [0, 0.05) is 13.0 Å². The Labute approximate surface area is 132 Å². The summed E-state index contributed by atoms with van der Waals surface area (Å²) in [6.07, 6.45) is 6.15. The van der Waals surface area contributed by atoms with Crippen molar-refractivity contribution in [3.8, 4) is 0 Å². The summed E-state index contributed by atoms with van der Waals surface area (Å²) in [7, 11) is 0. The van der Waals surface area contributed by atoms with Gasteiger partial charge in [-0.15, -0.1) is 0 Å². The summed E-state index contributed by atoms with van der Waals surface area (Å²) in [5.41, 5.74) is -0.147. The standard InChI is InChI=1S/C18H26N2O2/c1-3-18(20-14(2)21,15-10-6-4-7-11-15)17(22)19-16-12-8-5-9-13-16/h4,6-7,10-11,16H,3,5,8-9,12-13H2,1-2H3,(H,19,22)(H,20,21). The van der Waals surface area contributed by atoms with Gasteiger partial charge in [0.05, 0.1) is 0 Å². The lowest BCUT2D eigenvalue weighted by atomic mass is 9.85. The van der Waals surface area contributed by atoms with Crippen molar-refractivity contribution in [2.24, 2.45) is 0 Å². The van der Waals surface area contributed by atoms with E-state index in [4.69, 9.17) is 0 Å².